The number of benzene rings is 1. The van der Waals surface area contributed by atoms with Crippen molar-refractivity contribution in [2.45, 2.75) is 0 Å². The molecule has 1 aromatic rings. The minimum Gasteiger partial charge on any atom is -0.497 e. The molecule has 0 unspecified atom stereocenters. The second-order valence-corrected chi connectivity index (χ2v) is 4.02. The summed E-state index contributed by atoms with van der Waals surface area (Å²) in [5, 5.41) is 5.58. The van der Waals surface area contributed by atoms with Gasteiger partial charge in [-0.15, -0.1) is 0 Å². The molecule has 1 aromatic carbocycles. The van der Waals surface area contributed by atoms with E-state index >= 15 is 0 Å². The molecule has 94 valence electrons. The summed E-state index contributed by atoms with van der Waals surface area (Å²) < 4.78 is 10.3. The average Bonchev–Trinajstić information content (AvgIpc) is 2.67. The van der Waals surface area contributed by atoms with Gasteiger partial charge >= 0.3 is 0 Å². The summed E-state index contributed by atoms with van der Waals surface area (Å²) in [5.41, 5.74) is 1.18. The van der Waals surface area contributed by atoms with Crippen LogP contribution in [0.5, 0.6) is 11.5 Å². The lowest BCUT2D eigenvalue weighted by atomic mass is 10.1. The second-order valence-electron chi connectivity index (χ2n) is 3.61. The van der Waals surface area contributed by atoms with E-state index in [1.165, 1.54) is 0 Å². The number of carbonyl (C=O) groups is 1. The third-order valence-corrected chi connectivity index (χ3v) is 2.61. The SMILES string of the molecule is COc1cc(C=C2NC(=S)NC2=O)cc(OC)c1. The van der Waals surface area contributed by atoms with E-state index < -0.39 is 0 Å². The van der Waals surface area contributed by atoms with Crippen molar-refractivity contribution in [2.24, 2.45) is 0 Å². The van der Waals surface area contributed by atoms with E-state index in [9.17, 15) is 4.79 Å². The molecular formula is C12H12N2O3S. The van der Waals surface area contributed by atoms with E-state index in [2.05, 4.69) is 10.6 Å². The largest absolute Gasteiger partial charge is 0.497 e. The molecule has 0 saturated carbocycles. The van der Waals surface area contributed by atoms with Crippen LogP contribution in [0.25, 0.3) is 6.08 Å². The summed E-state index contributed by atoms with van der Waals surface area (Å²) in [5.74, 6) is 1.06. The van der Waals surface area contributed by atoms with Crippen molar-refractivity contribution in [2.75, 3.05) is 14.2 Å². The smallest absolute Gasteiger partial charge is 0.273 e. The highest BCUT2D eigenvalue weighted by molar-refractivity contribution is 7.80. The molecule has 1 amide bonds. The maximum atomic E-state index is 11.5. The molecule has 0 bridgehead atoms. The van der Waals surface area contributed by atoms with Crippen LogP contribution in [0.1, 0.15) is 5.56 Å². The lowest BCUT2D eigenvalue weighted by molar-refractivity contribution is -0.115. The molecule has 0 aromatic heterocycles. The normalized spacial score (nSPS) is 16.4. The van der Waals surface area contributed by atoms with Crippen LogP contribution < -0.4 is 20.1 Å². The van der Waals surface area contributed by atoms with Gasteiger partial charge in [0.2, 0.25) is 0 Å². The Kier molecular flexibility index (Phi) is 3.47. The zero-order valence-electron chi connectivity index (χ0n) is 9.94. The van der Waals surface area contributed by atoms with Crippen LogP contribution in [0.2, 0.25) is 0 Å². The van der Waals surface area contributed by atoms with Crippen molar-refractivity contribution in [3.05, 3.63) is 29.5 Å². The number of amides is 1. The van der Waals surface area contributed by atoms with Crippen molar-refractivity contribution in [3.8, 4) is 11.5 Å². The number of carbonyl (C=O) groups excluding carboxylic acids is 1. The number of ether oxygens (including phenoxy) is 2. The molecule has 6 heteroatoms. The number of thiocarbonyl (C=S) groups is 1. The zero-order chi connectivity index (χ0) is 13.1. The minimum absolute atomic E-state index is 0.248. The van der Waals surface area contributed by atoms with Crippen LogP contribution in [0.15, 0.2) is 23.9 Å². The predicted molar refractivity (Wildman–Crippen MR) is 71.4 cm³/mol. The standard InChI is InChI=1S/C12H12N2O3S/c1-16-8-3-7(4-9(6-8)17-2)5-10-11(15)14-12(18)13-10/h3-6H,1-2H3,(H2,13,14,15,18). The van der Waals surface area contributed by atoms with Gasteiger partial charge in [-0.3, -0.25) is 10.1 Å². The lowest BCUT2D eigenvalue weighted by Gasteiger charge is -2.06. The van der Waals surface area contributed by atoms with Gasteiger partial charge in [0.05, 0.1) is 14.2 Å². The van der Waals surface area contributed by atoms with Gasteiger partial charge in [-0.25, -0.2) is 0 Å². The summed E-state index contributed by atoms with van der Waals surface area (Å²) in [6.07, 6.45) is 1.68. The third kappa shape index (κ3) is 2.60. The van der Waals surface area contributed by atoms with Gasteiger partial charge in [0.15, 0.2) is 5.11 Å². The number of rotatable bonds is 3. The fourth-order valence-corrected chi connectivity index (χ4v) is 1.76. The number of nitrogens with one attached hydrogen (secondary N) is 2. The lowest BCUT2D eigenvalue weighted by Crippen LogP contribution is -2.21. The minimum atomic E-state index is -0.248. The maximum absolute atomic E-state index is 11.5. The Balaban J connectivity index is 2.36. The molecule has 18 heavy (non-hydrogen) atoms. The van der Waals surface area contributed by atoms with Gasteiger partial charge in [0.1, 0.15) is 17.2 Å². The van der Waals surface area contributed by atoms with Gasteiger partial charge < -0.3 is 14.8 Å². The molecule has 0 spiro atoms. The fraction of sp³-hybridized carbons (Fsp3) is 0.167. The first-order chi connectivity index (χ1) is 8.62. The Bertz CT molecular complexity index is 518. The summed E-state index contributed by atoms with van der Waals surface area (Å²) in [7, 11) is 3.14. The highest BCUT2D eigenvalue weighted by Gasteiger charge is 2.19. The Morgan fingerprint density at radius 3 is 2.17 bits per heavy atom. The van der Waals surface area contributed by atoms with Crippen LogP contribution in [-0.4, -0.2) is 25.2 Å². The molecule has 5 nitrogen and oxygen atoms in total. The van der Waals surface area contributed by atoms with E-state index in [-0.39, 0.29) is 5.91 Å². The molecule has 1 saturated heterocycles. The first-order valence-corrected chi connectivity index (χ1v) is 5.60. The molecule has 1 heterocycles. The van der Waals surface area contributed by atoms with Crippen LogP contribution in [0.4, 0.5) is 0 Å². The number of hydrogen-bond acceptors (Lipinski definition) is 4. The molecule has 1 fully saturated rings. The van der Waals surface area contributed by atoms with Crippen LogP contribution in [0, 0.1) is 0 Å². The van der Waals surface area contributed by atoms with E-state index in [0.29, 0.717) is 22.3 Å². The van der Waals surface area contributed by atoms with Crippen molar-refractivity contribution in [3.63, 3.8) is 0 Å². The molecular weight excluding hydrogens is 252 g/mol. The summed E-state index contributed by atoms with van der Waals surface area (Å²) in [6, 6.07) is 5.35. The van der Waals surface area contributed by atoms with Gasteiger partial charge in [0, 0.05) is 6.07 Å². The van der Waals surface area contributed by atoms with Gasteiger partial charge in [0.25, 0.3) is 5.91 Å². The second kappa shape index (κ2) is 5.05. The monoisotopic (exact) mass is 264 g/mol. The predicted octanol–water partition coefficient (Wildman–Crippen LogP) is 1.05. The molecule has 1 aliphatic heterocycles. The molecule has 0 aliphatic carbocycles. The summed E-state index contributed by atoms with van der Waals surface area (Å²) in [6.45, 7) is 0. The van der Waals surface area contributed by atoms with Crippen molar-refractivity contribution >= 4 is 29.3 Å². The molecule has 0 atom stereocenters. The topological polar surface area (TPSA) is 59.6 Å². The molecule has 2 N–H and O–H groups in total. The first-order valence-electron chi connectivity index (χ1n) is 5.19. The van der Waals surface area contributed by atoms with E-state index in [4.69, 9.17) is 21.7 Å². The van der Waals surface area contributed by atoms with Gasteiger partial charge in [-0.2, -0.15) is 0 Å². The molecule has 0 radical (unpaired) electrons. The Morgan fingerprint density at radius 1 is 1.11 bits per heavy atom. The van der Waals surface area contributed by atoms with Crippen LogP contribution in [0.3, 0.4) is 0 Å². The first kappa shape index (κ1) is 12.4. The Morgan fingerprint density at radius 2 is 1.72 bits per heavy atom. The quantitative estimate of drug-likeness (QED) is 0.631. The number of hydrogen-bond donors (Lipinski definition) is 2. The summed E-state index contributed by atoms with van der Waals surface area (Å²) >= 11 is 4.85. The van der Waals surface area contributed by atoms with E-state index in [1.807, 2.05) is 0 Å². The Labute approximate surface area is 110 Å². The van der Waals surface area contributed by atoms with Crippen molar-refractivity contribution < 1.29 is 14.3 Å². The number of methoxy groups -OCH3 is 2. The fourth-order valence-electron chi connectivity index (χ4n) is 1.56. The van der Waals surface area contributed by atoms with Crippen molar-refractivity contribution in [1.82, 2.24) is 10.6 Å². The highest BCUT2D eigenvalue weighted by Crippen LogP contribution is 2.24. The average molecular weight is 264 g/mol. The molecule has 2 rings (SSSR count). The third-order valence-electron chi connectivity index (χ3n) is 2.40. The highest BCUT2D eigenvalue weighted by atomic mass is 32.1. The van der Waals surface area contributed by atoms with Gasteiger partial charge in [-0.1, -0.05) is 0 Å². The van der Waals surface area contributed by atoms with Crippen LogP contribution >= 0.6 is 12.2 Å². The van der Waals surface area contributed by atoms with Gasteiger partial charge in [-0.05, 0) is 36.0 Å². The van der Waals surface area contributed by atoms with Crippen molar-refractivity contribution in [1.29, 1.82) is 0 Å². The maximum Gasteiger partial charge on any atom is 0.273 e. The molecule has 1 aliphatic rings. The zero-order valence-corrected chi connectivity index (χ0v) is 10.8. The van der Waals surface area contributed by atoms with Crippen LogP contribution in [-0.2, 0) is 4.79 Å². The van der Waals surface area contributed by atoms with E-state index in [0.717, 1.165) is 5.56 Å². The summed E-state index contributed by atoms with van der Waals surface area (Å²) in [4.78, 5) is 11.5. The Hall–Kier alpha value is -2.08. The van der Waals surface area contributed by atoms with E-state index in [1.54, 1.807) is 38.5 Å².